The summed E-state index contributed by atoms with van der Waals surface area (Å²) in [5.74, 6) is 0.511. The maximum absolute atomic E-state index is 13.1. The van der Waals surface area contributed by atoms with Gasteiger partial charge in [0.1, 0.15) is 23.0 Å². The SMILES string of the molecule is COc1ccc(C(=O)N2CCOc3ccccc32)cc1S(=O)(=O)NC(C)C. The predicted molar refractivity (Wildman–Crippen MR) is 102 cm³/mol. The van der Waals surface area contributed by atoms with Crippen LogP contribution >= 0.6 is 0 Å². The molecule has 0 unspecified atom stereocenters. The van der Waals surface area contributed by atoms with E-state index < -0.39 is 10.0 Å². The van der Waals surface area contributed by atoms with Gasteiger partial charge in [0.2, 0.25) is 10.0 Å². The second kappa shape index (κ2) is 7.58. The normalized spacial score (nSPS) is 13.9. The van der Waals surface area contributed by atoms with Crippen LogP contribution in [0.15, 0.2) is 47.4 Å². The van der Waals surface area contributed by atoms with E-state index in [1.54, 1.807) is 36.9 Å². The van der Waals surface area contributed by atoms with Crippen molar-refractivity contribution in [2.24, 2.45) is 0 Å². The number of hydrogen-bond donors (Lipinski definition) is 1. The van der Waals surface area contributed by atoms with Gasteiger partial charge in [0.15, 0.2) is 0 Å². The number of rotatable bonds is 5. The zero-order valence-electron chi connectivity index (χ0n) is 15.4. The Morgan fingerprint density at radius 3 is 2.67 bits per heavy atom. The zero-order chi connectivity index (χ0) is 19.6. The van der Waals surface area contributed by atoms with Gasteiger partial charge in [-0.15, -0.1) is 0 Å². The van der Waals surface area contributed by atoms with Gasteiger partial charge in [-0.25, -0.2) is 13.1 Å². The number of hydrogen-bond acceptors (Lipinski definition) is 5. The summed E-state index contributed by atoms with van der Waals surface area (Å²) in [5, 5.41) is 0. The van der Waals surface area contributed by atoms with Crippen LogP contribution in [0, 0.1) is 0 Å². The highest BCUT2D eigenvalue weighted by molar-refractivity contribution is 7.89. The molecule has 0 atom stereocenters. The molecule has 0 spiro atoms. The summed E-state index contributed by atoms with van der Waals surface area (Å²) in [6, 6.07) is 11.4. The van der Waals surface area contributed by atoms with Gasteiger partial charge < -0.3 is 14.4 Å². The van der Waals surface area contributed by atoms with Crippen LogP contribution in [0.4, 0.5) is 5.69 Å². The number of amides is 1. The number of carbonyl (C=O) groups excluding carboxylic acids is 1. The average molecular weight is 390 g/mol. The molecule has 1 N–H and O–H groups in total. The molecule has 0 saturated carbocycles. The second-order valence-corrected chi connectivity index (χ2v) is 8.10. The minimum Gasteiger partial charge on any atom is -0.495 e. The van der Waals surface area contributed by atoms with Crippen LogP contribution in [0.3, 0.4) is 0 Å². The van der Waals surface area contributed by atoms with Gasteiger partial charge >= 0.3 is 0 Å². The van der Waals surface area contributed by atoms with Gasteiger partial charge in [-0.05, 0) is 44.2 Å². The average Bonchev–Trinajstić information content (AvgIpc) is 2.65. The molecule has 1 aliphatic rings. The first-order chi connectivity index (χ1) is 12.8. The summed E-state index contributed by atoms with van der Waals surface area (Å²) in [6.07, 6.45) is 0. The highest BCUT2D eigenvalue weighted by Gasteiger charge is 2.27. The molecule has 0 saturated heterocycles. The number of sulfonamides is 1. The number of para-hydroxylation sites is 2. The van der Waals surface area contributed by atoms with Crippen LogP contribution in [-0.2, 0) is 10.0 Å². The maximum Gasteiger partial charge on any atom is 0.258 e. The first-order valence-corrected chi connectivity index (χ1v) is 10.1. The molecule has 1 aliphatic heterocycles. The fraction of sp³-hybridized carbons (Fsp3) is 0.316. The van der Waals surface area contributed by atoms with Crippen molar-refractivity contribution in [1.29, 1.82) is 0 Å². The molecule has 0 aromatic heterocycles. The first kappa shape index (κ1) is 19.2. The third kappa shape index (κ3) is 3.91. The standard InChI is InChI=1S/C19H22N2O5S/c1-13(2)20-27(23,24)18-12-14(8-9-17(18)25-3)19(22)21-10-11-26-16-7-5-4-6-15(16)21/h4-9,12-13,20H,10-11H2,1-3H3. The van der Waals surface area contributed by atoms with E-state index in [0.717, 1.165) is 0 Å². The van der Waals surface area contributed by atoms with Gasteiger partial charge in [-0.1, -0.05) is 12.1 Å². The number of fused-ring (bicyclic) bond motifs is 1. The third-order valence-electron chi connectivity index (χ3n) is 4.06. The molecule has 0 bridgehead atoms. The number of benzene rings is 2. The molecule has 0 radical (unpaired) electrons. The van der Waals surface area contributed by atoms with Crippen LogP contribution < -0.4 is 19.1 Å². The molecule has 27 heavy (non-hydrogen) atoms. The molecule has 1 heterocycles. The molecule has 0 aliphatic carbocycles. The summed E-state index contributed by atoms with van der Waals surface area (Å²) in [5.41, 5.74) is 0.922. The van der Waals surface area contributed by atoms with Crippen molar-refractivity contribution in [3.8, 4) is 11.5 Å². The molecule has 144 valence electrons. The van der Waals surface area contributed by atoms with Crippen molar-refractivity contribution >= 4 is 21.6 Å². The van der Waals surface area contributed by atoms with Crippen molar-refractivity contribution in [2.45, 2.75) is 24.8 Å². The third-order valence-corrected chi connectivity index (χ3v) is 5.74. The van der Waals surface area contributed by atoms with Gasteiger partial charge in [-0.3, -0.25) is 4.79 Å². The van der Waals surface area contributed by atoms with Crippen LogP contribution in [0.5, 0.6) is 11.5 Å². The highest BCUT2D eigenvalue weighted by atomic mass is 32.2. The second-order valence-electron chi connectivity index (χ2n) is 6.41. The Morgan fingerprint density at radius 1 is 1.22 bits per heavy atom. The maximum atomic E-state index is 13.1. The zero-order valence-corrected chi connectivity index (χ0v) is 16.2. The number of carbonyl (C=O) groups is 1. The number of anilines is 1. The van der Waals surface area contributed by atoms with Gasteiger partial charge in [-0.2, -0.15) is 0 Å². The van der Waals surface area contributed by atoms with Crippen LogP contribution in [-0.4, -0.2) is 40.6 Å². The minimum atomic E-state index is -3.82. The molecular formula is C19H22N2O5S. The molecule has 2 aromatic rings. The molecule has 7 nitrogen and oxygen atoms in total. The van der Waals surface area contributed by atoms with E-state index in [9.17, 15) is 13.2 Å². The summed E-state index contributed by atoms with van der Waals surface area (Å²) < 4.78 is 38.6. The van der Waals surface area contributed by atoms with E-state index in [1.165, 1.54) is 19.2 Å². The Morgan fingerprint density at radius 2 is 1.96 bits per heavy atom. The lowest BCUT2D eigenvalue weighted by Gasteiger charge is -2.29. The van der Waals surface area contributed by atoms with Gasteiger partial charge in [0, 0.05) is 11.6 Å². The Hall–Kier alpha value is -2.58. The van der Waals surface area contributed by atoms with E-state index in [4.69, 9.17) is 9.47 Å². The lowest BCUT2D eigenvalue weighted by atomic mass is 10.1. The summed E-state index contributed by atoms with van der Waals surface area (Å²) in [4.78, 5) is 14.6. The van der Waals surface area contributed by atoms with E-state index in [-0.39, 0.29) is 28.2 Å². The number of nitrogens with zero attached hydrogens (tertiary/aromatic N) is 1. The fourth-order valence-corrected chi connectivity index (χ4v) is 4.38. The van der Waals surface area contributed by atoms with Crippen molar-refractivity contribution in [2.75, 3.05) is 25.2 Å². The summed E-state index contributed by atoms with van der Waals surface area (Å²) >= 11 is 0. The Kier molecular flexibility index (Phi) is 5.38. The fourth-order valence-electron chi connectivity index (χ4n) is 2.93. The quantitative estimate of drug-likeness (QED) is 0.848. The molecular weight excluding hydrogens is 368 g/mol. The molecule has 1 amide bonds. The van der Waals surface area contributed by atoms with Crippen molar-refractivity contribution in [1.82, 2.24) is 4.72 Å². The van der Waals surface area contributed by atoms with E-state index in [1.807, 2.05) is 12.1 Å². The van der Waals surface area contributed by atoms with Crippen LogP contribution in [0.2, 0.25) is 0 Å². The van der Waals surface area contributed by atoms with Crippen LogP contribution in [0.25, 0.3) is 0 Å². The molecule has 3 rings (SSSR count). The van der Waals surface area contributed by atoms with Gasteiger partial charge in [0.05, 0.1) is 19.3 Å². The molecule has 2 aromatic carbocycles. The topological polar surface area (TPSA) is 84.9 Å². The smallest absolute Gasteiger partial charge is 0.258 e. The lowest BCUT2D eigenvalue weighted by molar-refractivity contribution is 0.0976. The molecule has 0 fully saturated rings. The number of methoxy groups -OCH3 is 1. The predicted octanol–water partition coefficient (Wildman–Crippen LogP) is 2.42. The van der Waals surface area contributed by atoms with E-state index in [0.29, 0.717) is 24.6 Å². The molecule has 8 heteroatoms. The van der Waals surface area contributed by atoms with Crippen molar-refractivity contribution in [3.63, 3.8) is 0 Å². The number of ether oxygens (including phenoxy) is 2. The van der Waals surface area contributed by atoms with Crippen molar-refractivity contribution in [3.05, 3.63) is 48.0 Å². The first-order valence-electron chi connectivity index (χ1n) is 8.57. The summed E-state index contributed by atoms with van der Waals surface area (Å²) in [6.45, 7) is 4.21. The number of nitrogens with one attached hydrogen (secondary N) is 1. The Balaban J connectivity index is 2.01. The largest absolute Gasteiger partial charge is 0.495 e. The Bertz CT molecular complexity index is 956. The van der Waals surface area contributed by atoms with Gasteiger partial charge in [0.25, 0.3) is 5.91 Å². The monoisotopic (exact) mass is 390 g/mol. The summed E-state index contributed by atoms with van der Waals surface area (Å²) in [7, 11) is -2.43. The Labute approximate surface area is 158 Å². The lowest BCUT2D eigenvalue weighted by Crippen LogP contribution is -2.38. The van der Waals surface area contributed by atoms with E-state index in [2.05, 4.69) is 4.72 Å². The minimum absolute atomic E-state index is 0.0638. The highest BCUT2D eigenvalue weighted by Crippen LogP contribution is 2.33. The van der Waals surface area contributed by atoms with E-state index >= 15 is 0 Å². The van der Waals surface area contributed by atoms with Crippen LogP contribution in [0.1, 0.15) is 24.2 Å². The van der Waals surface area contributed by atoms with Crippen molar-refractivity contribution < 1.29 is 22.7 Å².